The van der Waals surface area contributed by atoms with Gasteiger partial charge in [0.1, 0.15) is 0 Å². The van der Waals surface area contributed by atoms with Crippen LogP contribution in [0.2, 0.25) is 0 Å². The quantitative estimate of drug-likeness (QED) is 0.598. The maximum atomic E-state index is 12.3. The fourth-order valence-corrected chi connectivity index (χ4v) is 3.74. The van der Waals surface area contributed by atoms with Gasteiger partial charge in [0.25, 0.3) is 5.91 Å². The number of carbonyl (C=O) groups excluding carboxylic acids is 3. The second-order valence-electron chi connectivity index (χ2n) is 7.51. The van der Waals surface area contributed by atoms with Crippen LogP contribution in [0.25, 0.3) is 5.69 Å². The molecule has 0 fully saturated rings. The van der Waals surface area contributed by atoms with Crippen molar-refractivity contribution < 1.29 is 19.1 Å². The van der Waals surface area contributed by atoms with E-state index in [1.807, 2.05) is 6.07 Å². The summed E-state index contributed by atoms with van der Waals surface area (Å²) in [6.07, 6.45) is 2.32. The molecule has 0 atom stereocenters. The van der Waals surface area contributed by atoms with Gasteiger partial charge >= 0.3 is 11.7 Å². The Labute approximate surface area is 183 Å². The number of carbonyl (C=O) groups is 3. The van der Waals surface area contributed by atoms with Gasteiger partial charge in [-0.2, -0.15) is 0 Å². The van der Waals surface area contributed by atoms with Gasteiger partial charge in [-0.25, -0.2) is 9.59 Å². The Morgan fingerprint density at radius 2 is 1.88 bits per heavy atom. The number of H-pyrrole nitrogens is 1. The molecule has 0 saturated carbocycles. The summed E-state index contributed by atoms with van der Waals surface area (Å²) < 4.78 is 6.58. The highest BCUT2D eigenvalue weighted by Crippen LogP contribution is 2.30. The minimum atomic E-state index is -0.643. The SMILES string of the molecule is CC(=O)N1CCc2cc(NC(=O)COC(=O)c3ccc(-n4c(C)c[nH]c4=O)cc3)ccc21. The van der Waals surface area contributed by atoms with Crippen molar-refractivity contribution in [1.82, 2.24) is 9.55 Å². The fourth-order valence-electron chi connectivity index (χ4n) is 3.74. The smallest absolute Gasteiger partial charge is 0.338 e. The molecular weight excluding hydrogens is 412 g/mol. The highest BCUT2D eigenvalue weighted by Gasteiger charge is 2.22. The second-order valence-corrected chi connectivity index (χ2v) is 7.51. The third-order valence-corrected chi connectivity index (χ3v) is 5.29. The lowest BCUT2D eigenvalue weighted by Gasteiger charge is -2.15. The summed E-state index contributed by atoms with van der Waals surface area (Å²) in [4.78, 5) is 52.3. The molecule has 2 aromatic carbocycles. The molecule has 4 rings (SSSR count). The van der Waals surface area contributed by atoms with E-state index in [4.69, 9.17) is 4.74 Å². The van der Waals surface area contributed by atoms with Crippen molar-refractivity contribution in [2.75, 3.05) is 23.4 Å². The zero-order valence-electron chi connectivity index (χ0n) is 17.7. The zero-order chi connectivity index (χ0) is 22.8. The first-order chi connectivity index (χ1) is 15.3. The molecular formula is C23H22N4O5. The molecule has 0 spiro atoms. The highest BCUT2D eigenvalue weighted by molar-refractivity contribution is 5.97. The van der Waals surface area contributed by atoms with Crippen LogP contribution in [0.1, 0.15) is 28.5 Å². The number of rotatable bonds is 5. The first-order valence-corrected chi connectivity index (χ1v) is 10.1. The predicted molar refractivity (Wildman–Crippen MR) is 118 cm³/mol. The molecule has 0 aliphatic carbocycles. The number of benzene rings is 2. The van der Waals surface area contributed by atoms with Crippen LogP contribution < -0.4 is 15.9 Å². The van der Waals surface area contributed by atoms with Crippen LogP contribution in [0.4, 0.5) is 11.4 Å². The molecule has 0 unspecified atom stereocenters. The Hall–Kier alpha value is -4.14. The largest absolute Gasteiger partial charge is 0.452 e. The molecule has 3 aromatic rings. The van der Waals surface area contributed by atoms with E-state index in [0.29, 0.717) is 17.9 Å². The number of hydrogen-bond acceptors (Lipinski definition) is 5. The number of esters is 1. The Balaban J connectivity index is 1.34. The zero-order valence-corrected chi connectivity index (χ0v) is 17.7. The van der Waals surface area contributed by atoms with Gasteiger partial charge in [-0.15, -0.1) is 0 Å². The summed E-state index contributed by atoms with van der Waals surface area (Å²) in [5.41, 5.74) is 3.76. The van der Waals surface area contributed by atoms with Crippen LogP contribution in [0.3, 0.4) is 0 Å². The number of amides is 2. The molecule has 9 heteroatoms. The van der Waals surface area contributed by atoms with Crippen molar-refractivity contribution in [3.8, 4) is 5.69 Å². The fraction of sp³-hybridized carbons (Fsp3) is 0.217. The summed E-state index contributed by atoms with van der Waals surface area (Å²) in [6, 6.07) is 11.7. The Morgan fingerprint density at radius 3 is 2.53 bits per heavy atom. The van der Waals surface area contributed by atoms with Gasteiger partial charge in [-0.05, 0) is 61.4 Å². The summed E-state index contributed by atoms with van der Waals surface area (Å²) in [6.45, 7) is 3.50. The molecule has 0 radical (unpaired) electrons. The lowest BCUT2D eigenvalue weighted by atomic mass is 10.1. The normalized spacial score (nSPS) is 12.4. The van der Waals surface area contributed by atoms with Crippen LogP contribution in [0.5, 0.6) is 0 Å². The van der Waals surface area contributed by atoms with Crippen LogP contribution in [0.15, 0.2) is 53.5 Å². The summed E-state index contributed by atoms with van der Waals surface area (Å²) in [5.74, 6) is -1.13. The number of imidazole rings is 1. The van der Waals surface area contributed by atoms with Gasteiger partial charge < -0.3 is 19.9 Å². The number of ether oxygens (including phenoxy) is 1. The Kier molecular flexibility index (Phi) is 5.63. The first-order valence-electron chi connectivity index (χ1n) is 10.1. The molecule has 2 N–H and O–H groups in total. The molecule has 164 valence electrons. The Morgan fingerprint density at radius 1 is 1.12 bits per heavy atom. The number of aromatic amines is 1. The van der Waals surface area contributed by atoms with Crippen LogP contribution in [-0.4, -0.2) is 40.5 Å². The van der Waals surface area contributed by atoms with Gasteiger partial charge in [0.15, 0.2) is 6.61 Å². The molecule has 32 heavy (non-hydrogen) atoms. The third-order valence-electron chi connectivity index (χ3n) is 5.29. The van der Waals surface area contributed by atoms with Crippen molar-refractivity contribution in [2.45, 2.75) is 20.3 Å². The number of fused-ring (bicyclic) bond motifs is 1. The van der Waals surface area contributed by atoms with Crippen molar-refractivity contribution in [3.63, 3.8) is 0 Å². The maximum Gasteiger partial charge on any atom is 0.338 e. The van der Waals surface area contributed by atoms with Crippen molar-refractivity contribution in [1.29, 1.82) is 0 Å². The Bertz CT molecular complexity index is 1260. The average Bonchev–Trinajstić information content (AvgIpc) is 3.34. The summed E-state index contributed by atoms with van der Waals surface area (Å²) in [5, 5.41) is 2.70. The molecule has 2 heterocycles. The molecule has 9 nitrogen and oxygen atoms in total. The lowest BCUT2D eigenvalue weighted by molar-refractivity contribution is -0.119. The van der Waals surface area contributed by atoms with E-state index >= 15 is 0 Å². The minimum absolute atomic E-state index is 0.0178. The van der Waals surface area contributed by atoms with Crippen LogP contribution >= 0.6 is 0 Å². The minimum Gasteiger partial charge on any atom is -0.452 e. The van der Waals surface area contributed by atoms with E-state index in [1.54, 1.807) is 42.3 Å². The number of aromatic nitrogens is 2. The number of aryl methyl sites for hydroxylation is 1. The van der Waals surface area contributed by atoms with E-state index < -0.39 is 18.5 Å². The van der Waals surface area contributed by atoms with Crippen molar-refractivity contribution >= 4 is 29.2 Å². The summed E-state index contributed by atoms with van der Waals surface area (Å²) >= 11 is 0. The van der Waals surface area contributed by atoms with E-state index in [1.165, 1.54) is 23.6 Å². The molecule has 0 saturated heterocycles. The molecule has 1 aliphatic heterocycles. The van der Waals surface area contributed by atoms with E-state index in [2.05, 4.69) is 10.3 Å². The number of hydrogen-bond donors (Lipinski definition) is 2. The molecule has 1 aliphatic rings. The van der Waals surface area contributed by atoms with Gasteiger partial charge in [0, 0.05) is 36.7 Å². The van der Waals surface area contributed by atoms with E-state index in [0.717, 1.165) is 23.4 Å². The second kappa shape index (κ2) is 8.54. The monoisotopic (exact) mass is 434 g/mol. The van der Waals surface area contributed by atoms with Crippen LogP contribution in [0, 0.1) is 6.92 Å². The number of anilines is 2. The maximum absolute atomic E-state index is 12.3. The van der Waals surface area contributed by atoms with Crippen molar-refractivity contribution in [3.05, 3.63) is 76.0 Å². The van der Waals surface area contributed by atoms with Gasteiger partial charge in [0.2, 0.25) is 5.91 Å². The standard InChI is InChI=1S/C23H22N4O5/c1-14-12-24-23(31)27(14)19-6-3-16(4-7-19)22(30)32-13-21(29)25-18-5-8-20-17(11-18)9-10-26(20)15(2)28/h3-8,11-12H,9-10,13H2,1-2H3,(H,24,31)(H,25,29). The topological polar surface area (TPSA) is 114 Å². The molecule has 1 aromatic heterocycles. The average molecular weight is 434 g/mol. The van der Waals surface area contributed by atoms with Crippen molar-refractivity contribution in [2.24, 2.45) is 0 Å². The van der Waals surface area contributed by atoms with E-state index in [-0.39, 0.29) is 17.2 Å². The predicted octanol–water partition coefficient (Wildman–Crippen LogP) is 2.18. The number of nitrogens with zero attached hydrogens (tertiary/aromatic N) is 2. The molecule has 0 bridgehead atoms. The van der Waals surface area contributed by atoms with Gasteiger partial charge in [-0.3, -0.25) is 14.2 Å². The summed E-state index contributed by atoms with van der Waals surface area (Å²) in [7, 11) is 0. The number of nitrogens with one attached hydrogen (secondary N) is 2. The highest BCUT2D eigenvalue weighted by atomic mass is 16.5. The van der Waals surface area contributed by atoms with Gasteiger partial charge in [0.05, 0.1) is 11.3 Å². The van der Waals surface area contributed by atoms with Crippen LogP contribution in [-0.2, 0) is 20.7 Å². The van der Waals surface area contributed by atoms with E-state index in [9.17, 15) is 19.2 Å². The first kappa shape index (κ1) is 21.1. The lowest BCUT2D eigenvalue weighted by Crippen LogP contribution is -2.25. The molecule has 2 amide bonds. The van der Waals surface area contributed by atoms with Gasteiger partial charge in [-0.1, -0.05) is 0 Å². The third kappa shape index (κ3) is 4.18.